The Kier molecular flexibility index (Phi) is 4.94. The van der Waals surface area contributed by atoms with Crippen LogP contribution in [-0.4, -0.2) is 34.8 Å². The Balaban J connectivity index is 1.75. The first-order chi connectivity index (χ1) is 11.6. The lowest BCUT2D eigenvalue weighted by Gasteiger charge is -2.26. The second-order valence-electron chi connectivity index (χ2n) is 6.06. The molecule has 1 saturated heterocycles. The van der Waals surface area contributed by atoms with E-state index in [2.05, 4.69) is 10.3 Å². The van der Waals surface area contributed by atoms with E-state index in [-0.39, 0.29) is 11.8 Å². The van der Waals surface area contributed by atoms with Gasteiger partial charge in [0.25, 0.3) is 11.8 Å². The molecule has 0 spiro atoms. The van der Waals surface area contributed by atoms with Gasteiger partial charge in [-0.05, 0) is 44.7 Å². The molecule has 0 aliphatic carbocycles. The third kappa shape index (κ3) is 3.48. The van der Waals surface area contributed by atoms with Crippen molar-refractivity contribution < 1.29 is 9.59 Å². The van der Waals surface area contributed by atoms with Crippen LogP contribution in [0.5, 0.6) is 0 Å². The predicted molar refractivity (Wildman–Crippen MR) is 95.7 cm³/mol. The summed E-state index contributed by atoms with van der Waals surface area (Å²) in [4.78, 5) is 31.9. The second kappa shape index (κ2) is 7.13. The SMILES string of the molecule is Cc1ccccc1C(=O)Nc1nc(C)c(C(=O)N2CCCCC2)s1. The van der Waals surface area contributed by atoms with Gasteiger partial charge in [0.1, 0.15) is 4.88 Å². The fraction of sp³-hybridized carbons (Fsp3) is 0.389. The van der Waals surface area contributed by atoms with Gasteiger partial charge in [0.15, 0.2) is 5.13 Å². The molecule has 1 N–H and O–H groups in total. The highest BCUT2D eigenvalue weighted by molar-refractivity contribution is 7.17. The van der Waals surface area contributed by atoms with E-state index in [1.807, 2.05) is 36.9 Å². The normalized spacial score (nSPS) is 14.5. The number of carbonyl (C=O) groups excluding carboxylic acids is 2. The van der Waals surface area contributed by atoms with E-state index in [9.17, 15) is 9.59 Å². The monoisotopic (exact) mass is 343 g/mol. The van der Waals surface area contributed by atoms with Crippen LogP contribution >= 0.6 is 11.3 Å². The standard InChI is InChI=1S/C18H21N3O2S/c1-12-8-4-5-9-14(12)16(22)20-18-19-13(2)15(24-18)17(23)21-10-6-3-7-11-21/h4-5,8-9H,3,6-7,10-11H2,1-2H3,(H,19,20,22). The van der Waals surface area contributed by atoms with Gasteiger partial charge < -0.3 is 4.90 Å². The lowest BCUT2D eigenvalue weighted by molar-refractivity contribution is 0.0728. The molecule has 0 unspecified atom stereocenters. The van der Waals surface area contributed by atoms with Gasteiger partial charge in [-0.15, -0.1) is 0 Å². The summed E-state index contributed by atoms with van der Waals surface area (Å²) in [5, 5.41) is 3.29. The van der Waals surface area contributed by atoms with Crippen LogP contribution in [0.4, 0.5) is 5.13 Å². The van der Waals surface area contributed by atoms with Crippen LogP contribution in [-0.2, 0) is 0 Å². The molecule has 0 saturated carbocycles. The fourth-order valence-corrected chi connectivity index (χ4v) is 3.81. The van der Waals surface area contributed by atoms with E-state index in [0.717, 1.165) is 31.5 Å². The van der Waals surface area contributed by atoms with Gasteiger partial charge in [0.2, 0.25) is 0 Å². The van der Waals surface area contributed by atoms with Crippen molar-refractivity contribution in [2.75, 3.05) is 18.4 Å². The molecule has 126 valence electrons. The van der Waals surface area contributed by atoms with Crippen LogP contribution in [0.1, 0.15) is 50.5 Å². The highest BCUT2D eigenvalue weighted by Crippen LogP contribution is 2.26. The van der Waals surface area contributed by atoms with Crippen LogP contribution < -0.4 is 5.32 Å². The molecule has 6 heteroatoms. The zero-order valence-corrected chi connectivity index (χ0v) is 14.8. The number of amides is 2. The Morgan fingerprint density at radius 1 is 1.12 bits per heavy atom. The number of hydrogen-bond acceptors (Lipinski definition) is 4. The number of benzene rings is 1. The summed E-state index contributed by atoms with van der Waals surface area (Å²) in [5.41, 5.74) is 2.21. The van der Waals surface area contributed by atoms with E-state index in [0.29, 0.717) is 21.3 Å². The maximum absolute atomic E-state index is 12.6. The number of nitrogens with one attached hydrogen (secondary N) is 1. The molecule has 1 fully saturated rings. The van der Waals surface area contributed by atoms with Crippen molar-refractivity contribution in [2.24, 2.45) is 0 Å². The summed E-state index contributed by atoms with van der Waals surface area (Å²) in [6.07, 6.45) is 3.30. The first kappa shape index (κ1) is 16.6. The maximum atomic E-state index is 12.6. The van der Waals surface area contributed by atoms with E-state index in [1.165, 1.54) is 17.8 Å². The molecule has 1 aromatic carbocycles. The molecule has 24 heavy (non-hydrogen) atoms. The van der Waals surface area contributed by atoms with Gasteiger partial charge in [-0.2, -0.15) is 0 Å². The highest BCUT2D eigenvalue weighted by atomic mass is 32.1. The van der Waals surface area contributed by atoms with Gasteiger partial charge in [0, 0.05) is 18.7 Å². The van der Waals surface area contributed by atoms with Gasteiger partial charge in [-0.1, -0.05) is 29.5 Å². The van der Waals surface area contributed by atoms with Crippen LogP contribution in [0, 0.1) is 13.8 Å². The van der Waals surface area contributed by atoms with Gasteiger partial charge >= 0.3 is 0 Å². The van der Waals surface area contributed by atoms with E-state index >= 15 is 0 Å². The molecular formula is C18H21N3O2S. The lowest BCUT2D eigenvalue weighted by atomic mass is 10.1. The van der Waals surface area contributed by atoms with Gasteiger partial charge in [-0.3, -0.25) is 14.9 Å². The maximum Gasteiger partial charge on any atom is 0.265 e. The Morgan fingerprint density at radius 2 is 1.83 bits per heavy atom. The number of anilines is 1. The minimum absolute atomic E-state index is 0.0288. The number of carbonyl (C=O) groups is 2. The molecule has 0 atom stereocenters. The topological polar surface area (TPSA) is 62.3 Å². The lowest BCUT2D eigenvalue weighted by Crippen LogP contribution is -2.35. The summed E-state index contributed by atoms with van der Waals surface area (Å²) >= 11 is 1.26. The van der Waals surface area contributed by atoms with Crippen molar-refractivity contribution in [1.82, 2.24) is 9.88 Å². The van der Waals surface area contributed by atoms with E-state index < -0.39 is 0 Å². The van der Waals surface area contributed by atoms with Crippen molar-refractivity contribution in [2.45, 2.75) is 33.1 Å². The third-order valence-electron chi connectivity index (χ3n) is 4.24. The Morgan fingerprint density at radius 3 is 2.54 bits per heavy atom. The number of hydrogen-bond donors (Lipinski definition) is 1. The molecule has 3 rings (SSSR count). The van der Waals surface area contributed by atoms with E-state index in [1.54, 1.807) is 6.07 Å². The number of nitrogens with zero attached hydrogens (tertiary/aromatic N) is 2. The molecule has 0 radical (unpaired) electrons. The number of rotatable bonds is 3. The smallest absolute Gasteiger partial charge is 0.265 e. The van der Waals surface area contributed by atoms with Crippen molar-refractivity contribution >= 4 is 28.3 Å². The molecular weight excluding hydrogens is 322 g/mol. The summed E-state index contributed by atoms with van der Waals surface area (Å²) in [6, 6.07) is 7.41. The zero-order chi connectivity index (χ0) is 17.1. The van der Waals surface area contributed by atoms with Crippen molar-refractivity contribution in [3.05, 3.63) is 46.0 Å². The molecule has 1 aromatic heterocycles. The van der Waals surface area contributed by atoms with Crippen LogP contribution in [0.25, 0.3) is 0 Å². The number of likely N-dealkylation sites (tertiary alicyclic amines) is 1. The molecule has 2 aromatic rings. The number of aromatic nitrogens is 1. The summed E-state index contributed by atoms with van der Waals surface area (Å²) < 4.78 is 0. The van der Waals surface area contributed by atoms with Crippen molar-refractivity contribution in [3.63, 3.8) is 0 Å². The van der Waals surface area contributed by atoms with Crippen LogP contribution in [0.15, 0.2) is 24.3 Å². The fourth-order valence-electron chi connectivity index (χ4n) is 2.88. The molecule has 0 bridgehead atoms. The van der Waals surface area contributed by atoms with E-state index in [4.69, 9.17) is 0 Å². The first-order valence-electron chi connectivity index (χ1n) is 8.20. The molecule has 2 amide bonds. The zero-order valence-electron chi connectivity index (χ0n) is 14.0. The Labute approximate surface area is 145 Å². The van der Waals surface area contributed by atoms with Crippen LogP contribution in [0.2, 0.25) is 0 Å². The quantitative estimate of drug-likeness (QED) is 0.925. The predicted octanol–water partition coefficient (Wildman–Crippen LogP) is 3.64. The summed E-state index contributed by atoms with van der Waals surface area (Å²) in [7, 11) is 0. The number of aryl methyl sites for hydroxylation is 2. The number of piperidine rings is 1. The third-order valence-corrected chi connectivity index (χ3v) is 5.31. The van der Waals surface area contributed by atoms with Crippen molar-refractivity contribution in [1.29, 1.82) is 0 Å². The average molecular weight is 343 g/mol. The molecule has 1 aliphatic heterocycles. The summed E-state index contributed by atoms with van der Waals surface area (Å²) in [6.45, 7) is 5.33. The molecule has 5 nitrogen and oxygen atoms in total. The second-order valence-corrected chi connectivity index (χ2v) is 7.05. The van der Waals surface area contributed by atoms with Crippen molar-refractivity contribution in [3.8, 4) is 0 Å². The largest absolute Gasteiger partial charge is 0.338 e. The first-order valence-corrected chi connectivity index (χ1v) is 9.01. The number of thiazole rings is 1. The van der Waals surface area contributed by atoms with Gasteiger partial charge in [0.05, 0.1) is 5.69 Å². The van der Waals surface area contributed by atoms with Gasteiger partial charge in [-0.25, -0.2) is 4.98 Å². The Bertz CT molecular complexity index is 763. The average Bonchev–Trinajstić information content (AvgIpc) is 2.95. The highest BCUT2D eigenvalue weighted by Gasteiger charge is 2.23. The Hall–Kier alpha value is -2.21. The van der Waals surface area contributed by atoms with Crippen LogP contribution in [0.3, 0.4) is 0 Å². The minimum Gasteiger partial charge on any atom is -0.338 e. The minimum atomic E-state index is -0.196. The molecule has 1 aliphatic rings. The molecule has 2 heterocycles. The summed E-state index contributed by atoms with van der Waals surface area (Å²) in [5.74, 6) is -0.167.